The van der Waals surface area contributed by atoms with Crippen molar-refractivity contribution in [3.05, 3.63) is 82.4 Å². The van der Waals surface area contributed by atoms with Gasteiger partial charge in [0.2, 0.25) is 5.91 Å². The van der Waals surface area contributed by atoms with E-state index in [1.54, 1.807) is 12.1 Å². The number of hydrogen-bond donors (Lipinski definition) is 1. The van der Waals surface area contributed by atoms with E-state index in [1.165, 1.54) is 49.4 Å². The van der Waals surface area contributed by atoms with Crippen LogP contribution in [0, 0.1) is 11.6 Å². The molecule has 0 unspecified atom stereocenters. The number of benzene rings is 3. The van der Waals surface area contributed by atoms with Gasteiger partial charge >= 0.3 is 0 Å². The first-order chi connectivity index (χ1) is 17.0. The SMILES string of the molecule is CCS(=O)(=O)c1ccc(CC(N)=O)cc1-c1ccc(OC2(c3ccc(Cl)c(F)c3)CCCC2)c(F)c1. The maximum absolute atomic E-state index is 15.4. The third-order valence-electron chi connectivity index (χ3n) is 6.54. The molecule has 0 radical (unpaired) electrons. The minimum Gasteiger partial charge on any atom is -0.480 e. The number of nitrogens with two attached hydrogens (primary N) is 1. The second-order valence-electron chi connectivity index (χ2n) is 8.95. The van der Waals surface area contributed by atoms with Crippen LogP contribution in [0.3, 0.4) is 0 Å². The van der Waals surface area contributed by atoms with E-state index in [2.05, 4.69) is 0 Å². The van der Waals surface area contributed by atoms with Gasteiger partial charge in [-0.25, -0.2) is 17.2 Å². The van der Waals surface area contributed by atoms with Crippen molar-refractivity contribution in [1.82, 2.24) is 0 Å². The van der Waals surface area contributed by atoms with Crippen LogP contribution in [0.25, 0.3) is 11.1 Å². The van der Waals surface area contributed by atoms with Crippen LogP contribution in [-0.2, 0) is 26.7 Å². The van der Waals surface area contributed by atoms with Crippen LogP contribution < -0.4 is 10.5 Å². The second kappa shape index (κ2) is 10.2. The normalized spacial score (nSPS) is 15.1. The highest BCUT2D eigenvalue weighted by atomic mass is 35.5. The molecule has 0 saturated heterocycles. The summed E-state index contributed by atoms with van der Waals surface area (Å²) in [5.41, 5.74) is 6.09. The molecule has 1 amide bonds. The van der Waals surface area contributed by atoms with Crippen molar-refractivity contribution in [2.45, 2.75) is 49.5 Å². The fraction of sp³-hybridized carbons (Fsp3) is 0.296. The van der Waals surface area contributed by atoms with Crippen LogP contribution >= 0.6 is 11.6 Å². The van der Waals surface area contributed by atoms with Gasteiger partial charge in [0.1, 0.15) is 11.4 Å². The van der Waals surface area contributed by atoms with Crippen molar-refractivity contribution in [3.63, 3.8) is 0 Å². The molecule has 1 fully saturated rings. The maximum atomic E-state index is 15.4. The average Bonchev–Trinajstić information content (AvgIpc) is 3.31. The molecular weight excluding hydrogens is 508 g/mol. The predicted octanol–water partition coefficient (Wildman–Crippen LogP) is 5.95. The molecule has 5 nitrogen and oxygen atoms in total. The molecule has 3 aromatic carbocycles. The molecule has 2 N–H and O–H groups in total. The van der Waals surface area contributed by atoms with Crippen LogP contribution in [0.2, 0.25) is 5.02 Å². The number of rotatable bonds is 8. The highest BCUT2D eigenvalue weighted by Gasteiger charge is 2.39. The molecule has 1 saturated carbocycles. The number of sulfone groups is 1. The van der Waals surface area contributed by atoms with E-state index < -0.39 is 33.0 Å². The zero-order valence-corrected chi connectivity index (χ0v) is 21.3. The van der Waals surface area contributed by atoms with Gasteiger partial charge in [0.25, 0.3) is 0 Å². The van der Waals surface area contributed by atoms with E-state index in [1.807, 2.05) is 0 Å². The van der Waals surface area contributed by atoms with Crippen molar-refractivity contribution < 1.29 is 26.7 Å². The minimum absolute atomic E-state index is 0.00108. The summed E-state index contributed by atoms with van der Waals surface area (Å²) >= 11 is 5.84. The summed E-state index contributed by atoms with van der Waals surface area (Å²) in [7, 11) is -3.63. The Bertz CT molecular complexity index is 1420. The zero-order chi connectivity index (χ0) is 26.1. The Balaban J connectivity index is 1.74. The largest absolute Gasteiger partial charge is 0.480 e. The monoisotopic (exact) mass is 533 g/mol. The summed E-state index contributed by atoms with van der Waals surface area (Å²) in [6.07, 6.45) is 2.78. The van der Waals surface area contributed by atoms with E-state index in [4.69, 9.17) is 22.1 Å². The van der Waals surface area contributed by atoms with Crippen LogP contribution in [0.15, 0.2) is 59.5 Å². The van der Waals surface area contributed by atoms with E-state index in [0.29, 0.717) is 29.5 Å². The molecule has 9 heteroatoms. The number of ether oxygens (including phenoxy) is 1. The Hall–Kier alpha value is -2.97. The van der Waals surface area contributed by atoms with Gasteiger partial charge in [-0.15, -0.1) is 0 Å². The van der Waals surface area contributed by atoms with E-state index in [0.717, 1.165) is 12.8 Å². The zero-order valence-electron chi connectivity index (χ0n) is 19.7. The Morgan fingerprint density at radius 3 is 2.36 bits per heavy atom. The van der Waals surface area contributed by atoms with E-state index in [9.17, 15) is 17.6 Å². The van der Waals surface area contributed by atoms with Gasteiger partial charge in [-0.1, -0.05) is 36.7 Å². The molecule has 1 aliphatic carbocycles. The average molecular weight is 534 g/mol. The van der Waals surface area contributed by atoms with Gasteiger partial charge in [0.15, 0.2) is 21.4 Å². The highest BCUT2D eigenvalue weighted by molar-refractivity contribution is 7.91. The van der Waals surface area contributed by atoms with E-state index >= 15 is 4.39 Å². The number of carbonyl (C=O) groups is 1. The number of carbonyl (C=O) groups excluding carboxylic acids is 1. The molecule has 0 atom stereocenters. The van der Waals surface area contributed by atoms with Crippen LogP contribution in [0.1, 0.15) is 43.7 Å². The molecule has 0 heterocycles. The molecule has 36 heavy (non-hydrogen) atoms. The topological polar surface area (TPSA) is 86.5 Å². The molecule has 0 aliphatic heterocycles. The standard InChI is InChI=1S/C27H26ClF2NO4S/c1-2-36(33,34)25-10-5-17(14-26(31)32)13-20(25)18-6-9-24(23(30)15-18)35-27(11-3-4-12-27)19-7-8-21(28)22(29)16-19/h5-10,13,15-16H,2-4,11-12,14H2,1H3,(H2,31,32). The lowest BCUT2D eigenvalue weighted by molar-refractivity contribution is -0.117. The van der Waals surface area contributed by atoms with Gasteiger partial charge in [-0.2, -0.15) is 0 Å². The van der Waals surface area contributed by atoms with Gasteiger partial charge in [0.05, 0.1) is 22.1 Å². The Morgan fingerprint density at radius 2 is 1.75 bits per heavy atom. The maximum Gasteiger partial charge on any atom is 0.221 e. The summed E-state index contributed by atoms with van der Waals surface area (Å²) in [5.74, 6) is -1.99. The Labute approximate surface area is 214 Å². The predicted molar refractivity (Wildman–Crippen MR) is 135 cm³/mol. The molecule has 3 aromatic rings. The van der Waals surface area contributed by atoms with Crippen LogP contribution in [-0.4, -0.2) is 20.1 Å². The Kier molecular flexibility index (Phi) is 7.38. The number of halogens is 3. The first kappa shape index (κ1) is 26.1. The summed E-state index contributed by atoms with van der Waals surface area (Å²) in [6.45, 7) is 1.52. The molecule has 0 spiro atoms. The summed E-state index contributed by atoms with van der Waals surface area (Å²) < 4.78 is 61.2. The first-order valence-corrected chi connectivity index (χ1v) is 13.7. The van der Waals surface area contributed by atoms with Crippen LogP contribution in [0.5, 0.6) is 5.75 Å². The summed E-state index contributed by atoms with van der Waals surface area (Å²) in [4.78, 5) is 11.4. The molecule has 190 valence electrons. The summed E-state index contributed by atoms with van der Waals surface area (Å²) in [6, 6.07) is 13.2. The smallest absolute Gasteiger partial charge is 0.221 e. The highest BCUT2D eigenvalue weighted by Crippen LogP contribution is 2.44. The fourth-order valence-corrected chi connectivity index (χ4v) is 5.89. The molecule has 1 aliphatic rings. The molecular formula is C27H26ClF2NO4S. The molecule has 0 aromatic heterocycles. The van der Waals surface area contributed by atoms with Crippen LogP contribution in [0.4, 0.5) is 8.78 Å². The first-order valence-electron chi connectivity index (χ1n) is 11.6. The lowest BCUT2D eigenvalue weighted by Crippen LogP contribution is -2.30. The van der Waals surface area contributed by atoms with Gasteiger partial charge in [-0.05, 0) is 78.8 Å². The number of primary amides is 1. The molecule has 0 bridgehead atoms. The van der Waals surface area contributed by atoms with Crippen molar-refractivity contribution in [2.75, 3.05) is 5.75 Å². The summed E-state index contributed by atoms with van der Waals surface area (Å²) in [5, 5.41) is -0.00108. The van der Waals surface area contributed by atoms with Crippen molar-refractivity contribution in [1.29, 1.82) is 0 Å². The number of hydrogen-bond acceptors (Lipinski definition) is 4. The van der Waals surface area contributed by atoms with Gasteiger partial charge in [-0.3, -0.25) is 4.79 Å². The lowest BCUT2D eigenvalue weighted by atomic mass is 9.91. The van der Waals surface area contributed by atoms with E-state index in [-0.39, 0.29) is 33.4 Å². The van der Waals surface area contributed by atoms with Crippen molar-refractivity contribution in [3.8, 4) is 16.9 Å². The van der Waals surface area contributed by atoms with Gasteiger partial charge < -0.3 is 10.5 Å². The number of amides is 1. The van der Waals surface area contributed by atoms with Gasteiger partial charge in [0, 0.05) is 5.56 Å². The third-order valence-corrected chi connectivity index (χ3v) is 8.64. The van der Waals surface area contributed by atoms with Crippen molar-refractivity contribution in [2.24, 2.45) is 5.73 Å². The third kappa shape index (κ3) is 5.25. The lowest BCUT2D eigenvalue weighted by Gasteiger charge is -2.31. The quantitative estimate of drug-likeness (QED) is 0.387. The fourth-order valence-electron chi connectivity index (χ4n) is 4.68. The minimum atomic E-state index is -3.63. The Morgan fingerprint density at radius 1 is 1.03 bits per heavy atom. The molecule has 4 rings (SSSR count). The second-order valence-corrected chi connectivity index (χ2v) is 11.6. The van der Waals surface area contributed by atoms with Crippen molar-refractivity contribution >= 4 is 27.3 Å².